The minimum atomic E-state index is -4.35. The van der Waals surface area contributed by atoms with Crippen LogP contribution in [0.3, 0.4) is 0 Å². The number of thiazole rings is 1. The normalized spacial score (nSPS) is 12.3. The Morgan fingerprint density at radius 3 is 1.23 bits per heavy atom. The highest BCUT2D eigenvalue weighted by Crippen LogP contribution is 2.37. The number of nitrogens with one attached hydrogen (secondary N) is 4. The van der Waals surface area contributed by atoms with Crippen LogP contribution in [0.15, 0.2) is 165 Å². The molecule has 4 amide bonds. The Balaban J connectivity index is 0.000000196. The van der Waals surface area contributed by atoms with Gasteiger partial charge in [0.1, 0.15) is 77.7 Å². The lowest BCUT2D eigenvalue weighted by molar-refractivity contribution is -0.118. The summed E-state index contributed by atoms with van der Waals surface area (Å²) in [6, 6.07) is 32.7. The summed E-state index contributed by atoms with van der Waals surface area (Å²) in [5, 5.41) is 19.7. The van der Waals surface area contributed by atoms with Gasteiger partial charge in [-0.15, -0.1) is 10.2 Å². The highest BCUT2D eigenvalue weighted by atomic mass is 35.5. The topological polar surface area (TPSA) is 330 Å². The van der Waals surface area contributed by atoms with E-state index in [1.807, 2.05) is 76.2 Å². The molecule has 10 rings (SSSR count). The molecule has 0 spiro atoms. The van der Waals surface area contributed by atoms with E-state index in [1.54, 1.807) is 18.2 Å². The number of para-hydroxylation sites is 1. The number of pyridine rings is 1. The molecule has 0 saturated heterocycles. The predicted molar refractivity (Wildman–Crippen MR) is 402 cm³/mol. The lowest BCUT2D eigenvalue weighted by Gasteiger charge is -2.24. The number of carbonyl (C=O) groups is 4. The number of anilines is 4. The van der Waals surface area contributed by atoms with Crippen LogP contribution in [0.1, 0.15) is 93.7 Å². The van der Waals surface area contributed by atoms with Crippen molar-refractivity contribution < 1.29 is 70.4 Å². The molecule has 0 aliphatic carbocycles. The largest absolute Gasteiger partial charge is 0.309 e. The quantitative estimate of drug-likeness (QED) is 0.0580. The number of sulfone groups is 4. The molecule has 4 heterocycles. The Morgan fingerprint density at radius 2 is 0.838 bits per heavy atom. The van der Waals surface area contributed by atoms with Gasteiger partial charge in [-0.1, -0.05) is 139 Å². The first kappa shape index (κ1) is 84.3. The van der Waals surface area contributed by atoms with Crippen molar-refractivity contribution in [3.05, 3.63) is 200 Å². The van der Waals surface area contributed by atoms with Gasteiger partial charge in [0, 0.05) is 37.3 Å². The lowest BCUT2D eigenvalue weighted by atomic mass is 9.98. The third-order valence-corrected chi connectivity index (χ3v) is 29.2. The summed E-state index contributed by atoms with van der Waals surface area (Å²) in [4.78, 5) is 60.6. The van der Waals surface area contributed by atoms with Crippen LogP contribution in [0.25, 0.3) is 20.8 Å². The zero-order valence-electron chi connectivity index (χ0n) is 57.5. The minimum absolute atomic E-state index is 0.0197. The molecular formula is C68H66Cl4F4N10O12S7. The van der Waals surface area contributed by atoms with Crippen LogP contribution in [0, 0.1) is 23.3 Å². The van der Waals surface area contributed by atoms with Crippen molar-refractivity contribution in [3.63, 3.8) is 0 Å². The second-order valence-corrected chi connectivity index (χ2v) is 39.9. The smallest absolute Gasteiger partial charge is 0.248 e. The van der Waals surface area contributed by atoms with Gasteiger partial charge in [0.15, 0.2) is 44.5 Å². The highest BCUT2D eigenvalue weighted by Gasteiger charge is 2.48. The summed E-state index contributed by atoms with van der Waals surface area (Å²) in [5.74, 6) is -7.12. The molecule has 22 nitrogen and oxygen atoms in total. The minimum Gasteiger partial charge on any atom is -0.309 e. The molecule has 4 aromatic heterocycles. The summed E-state index contributed by atoms with van der Waals surface area (Å²) in [6.07, 6.45) is 2.26. The van der Waals surface area contributed by atoms with E-state index in [-0.39, 0.29) is 47.5 Å². The maximum absolute atomic E-state index is 14.1. The third-order valence-electron chi connectivity index (χ3n) is 15.6. The van der Waals surface area contributed by atoms with Crippen molar-refractivity contribution in [2.24, 2.45) is 0 Å². The molecule has 6 aromatic carbocycles. The predicted octanol–water partition coefficient (Wildman–Crippen LogP) is 15.9. The second kappa shape index (κ2) is 33.0. The number of halogens is 8. The van der Waals surface area contributed by atoms with Crippen molar-refractivity contribution in [1.82, 2.24) is 29.5 Å². The number of hydrogen-bond acceptors (Lipinski definition) is 21. The van der Waals surface area contributed by atoms with Crippen molar-refractivity contribution >= 4 is 176 Å². The van der Waals surface area contributed by atoms with Gasteiger partial charge in [-0.2, -0.15) is 9.36 Å². The summed E-state index contributed by atoms with van der Waals surface area (Å²) in [6.45, 7) is 17.4. The van der Waals surface area contributed by atoms with Crippen molar-refractivity contribution in [1.29, 1.82) is 0 Å². The van der Waals surface area contributed by atoms with Gasteiger partial charge in [0.05, 0.1) is 10.2 Å². The zero-order chi connectivity index (χ0) is 78.4. The Morgan fingerprint density at radius 1 is 0.448 bits per heavy atom. The van der Waals surface area contributed by atoms with Crippen molar-refractivity contribution in [2.75, 3.05) is 21.3 Å². The third kappa shape index (κ3) is 19.1. The van der Waals surface area contributed by atoms with E-state index in [4.69, 9.17) is 46.4 Å². The number of aryl methyl sites for hydroxylation is 1. The summed E-state index contributed by atoms with van der Waals surface area (Å²) >= 11 is 26.1. The Kier molecular flexibility index (Phi) is 26.5. The van der Waals surface area contributed by atoms with Gasteiger partial charge in [0.2, 0.25) is 34.7 Å². The first-order valence-corrected chi connectivity index (χ1v) is 40.5. The molecule has 0 saturated carbocycles. The monoisotopic (exact) mass is 1650 g/mol. The number of amides is 4. The number of rotatable bonds is 18. The Hall–Kier alpha value is -7.96. The zero-order valence-corrected chi connectivity index (χ0v) is 66.3. The number of benzene rings is 6. The fraction of sp³-hybridized carbons (Fsp3) is 0.265. The van der Waals surface area contributed by atoms with E-state index >= 15 is 0 Å². The SMILES string of the molecule is CC(C)(C(=O)Nc1nc2ccccc2s1)S(=O)(=O)c1ccc(Cl)cc1F.CC(C)(C(=O)Nc1nsc(-c2ccccc2)n1)S(=O)(=O)c1ccc(Cl)cc1F.CC(C)(C)c1nnc(NC(=O)C(C)(C)S(=O)(=O)c2ccc(Cl)cc2F)s1.CCc1ccnc(NC(=O)C(C)(C)S(=O)(=O)c2ccc(Cl)cc2F)c1. The lowest BCUT2D eigenvalue weighted by Crippen LogP contribution is -2.45. The van der Waals surface area contributed by atoms with Crippen molar-refractivity contribution in [2.45, 2.75) is 133 Å². The maximum Gasteiger partial charge on any atom is 0.248 e. The van der Waals surface area contributed by atoms with Gasteiger partial charge in [-0.3, -0.25) is 29.8 Å². The van der Waals surface area contributed by atoms with Gasteiger partial charge in [-0.05, 0) is 176 Å². The number of aromatic nitrogens is 6. The van der Waals surface area contributed by atoms with Crippen LogP contribution < -0.4 is 21.3 Å². The number of carbonyl (C=O) groups excluding carboxylic acids is 4. The molecule has 37 heteroatoms. The average molecular weight is 1660 g/mol. The molecule has 0 radical (unpaired) electrons. The molecule has 0 atom stereocenters. The molecule has 0 aliphatic rings. The van der Waals surface area contributed by atoms with E-state index in [9.17, 15) is 70.4 Å². The summed E-state index contributed by atoms with van der Waals surface area (Å²) in [7, 11) is -17.3. The highest BCUT2D eigenvalue weighted by molar-refractivity contribution is 7.94. The van der Waals surface area contributed by atoms with Gasteiger partial charge >= 0.3 is 0 Å². The fourth-order valence-electron chi connectivity index (χ4n) is 8.61. The fourth-order valence-corrected chi connectivity index (χ4v) is 17.2. The molecule has 0 fully saturated rings. The molecule has 4 N–H and O–H groups in total. The van der Waals surface area contributed by atoms with Crippen LogP contribution in [0.5, 0.6) is 0 Å². The van der Waals surface area contributed by atoms with Gasteiger partial charge < -0.3 is 10.6 Å². The maximum atomic E-state index is 14.1. The van der Waals surface area contributed by atoms with E-state index in [2.05, 4.69) is 50.8 Å². The van der Waals surface area contributed by atoms with E-state index in [0.29, 0.717) is 15.5 Å². The molecule has 0 bridgehead atoms. The van der Waals surface area contributed by atoms with E-state index in [0.717, 1.165) is 93.6 Å². The number of hydrogen-bond donors (Lipinski definition) is 4. The average Bonchev–Trinajstić information content (AvgIpc) is 1.07. The molecular weight excluding hydrogens is 1590 g/mol. The molecule has 0 aliphatic heterocycles. The summed E-state index contributed by atoms with van der Waals surface area (Å²) < 4.78 is 156. The second-order valence-electron chi connectivity index (χ2n) is 25.5. The first-order valence-electron chi connectivity index (χ1n) is 30.7. The summed E-state index contributed by atoms with van der Waals surface area (Å²) in [5.41, 5.74) is 2.19. The molecule has 10 aromatic rings. The first-order chi connectivity index (χ1) is 48.6. The molecule has 558 valence electrons. The molecule has 0 unspecified atom stereocenters. The standard InChI is InChI=1S/C18H15ClFN3O3S2.C17H14ClFN2O3S2.C17H18ClFN2O3S.C16H19ClFN3O3S2/c1-18(2,28(25,26)14-9-8-12(19)10-13(14)20)16(24)22-17-21-15(27-23-17)11-6-4-3-5-7-11;1-17(2,26(23,24)14-8-7-10(18)9-11(14)19)15(22)21-16-20-12-5-3-4-6-13(12)25-16;1-4-11-7-8-20-15(9-11)21-16(22)17(2,3)25(23,24)14-6-5-12(18)10-13(14)19;1-15(2,3)13-20-21-14(25-13)19-12(22)16(4,5)26(23,24)11-7-6-9(17)8-10(11)18/h3-10H,1-2H3,(H,22,23,24);3-9H,1-2H3,(H,20,21,22);5-10H,4H2,1-3H3,(H,20,21,22);6-8H,1-5H3,(H,19,21,22). The van der Waals surface area contributed by atoms with Crippen LogP contribution in [0.4, 0.5) is 39.6 Å². The Labute approximate surface area is 635 Å². The van der Waals surface area contributed by atoms with Crippen LogP contribution in [0.2, 0.25) is 20.1 Å². The van der Waals surface area contributed by atoms with Crippen LogP contribution >= 0.6 is 80.6 Å². The van der Waals surface area contributed by atoms with E-state index in [1.165, 1.54) is 97.2 Å². The van der Waals surface area contributed by atoms with Crippen molar-refractivity contribution in [3.8, 4) is 10.6 Å². The number of fused-ring (bicyclic) bond motifs is 1. The van der Waals surface area contributed by atoms with Gasteiger partial charge in [0.25, 0.3) is 0 Å². The van der Waals surface area contributed by atoms with Crippen LogP contribution in [-0.2, 0) is 70.4 Å². The van der Waals surface area contributed by atoms with Gasteiger partial charge in [-0.25, -0.2) is 61.2 Å². The number of nitrogens with zero attached hydrogens (tertiary/aromatic N) is 6. The Bertz CT molecular complexity index is 5400. The molecule has 105 heavy (non-hydrogen) atoms. The van der Waals surface area contributed by atoms with E-state index < -0.39 is 125 Å². The van der Waals surface area contributed by atoms with Crippen LogP contribution in [-0.4, -0.2) is 106 Å².